The van der Waals surface area contributed by atoms with E-state index in [1.807, 2.05) is 20.8 Å². The smallest absolute Gasteiger partial charge is 0.410 e. The van der Waals surface area contributed by atoms with Crippen LogP contribution in [0.4, 0.5) is 4.79 Å². The number of nitrogens with zero attached hydrogens (tertiary/aromatic N) is 4. The van der Waals surface area contributed by atoms with Crippen LogP contribution in [0.15, 0.2) is 10.7 Å². The zero-order valence-corrected chi connectivity index (χ0v) is 14.9. The number of aryl methyl sites for hydroxylation is 1. The van der Waals surface area contributed by atoms with Crippen LogP contribution in [0.1, 0.15) is 31.3 Å². The molecule has 0 saturated carbocycles. The number of halogens is 1. The Morgan fingerprint density at radius 1 is 1.18 bits per heavy atom. The van der Waals surface area contributed by atoms with Gasteiger partial charge in [0.25, 0.3) is 5.91 Å². The molecule has 8 heteroatoms. The number of ether oxygens (including phenoxy) is 1. The van der Waals surface area contributed by atoms with Gasteiger partial charge in [-0.3, -0.25) is 9.48 Å². The van der Waals surface area contributed by atoms with E-state index >= 15 is 0 Å². The maximum Gasteiger partial charge on any atom is 0.410 e. The average Bonchev–Trinajstić information content (AvgIpc) is 2.76. The summed E-state index contributed by atoms with van der Waals surface area (Å²) in [6.45, 7) is 7.41. The van der Waals surface area contributed by atoms with Crippen LogP contribution in [0.3, 0.4) is 0 Å². The summed E-state index contributed by atoms with van der Waals surface area (Å²) in [6.07, 6.45) is 1.27. The first kappa shape index (κ1) is 16.8. The lowest BCUT2D eigenvalue weighted by Crippen LogP contribution is -2.51. The van der Waals surface area contributed by atoms with Crippen LogP contribution in [0.5, 0.6) is 0 Å². The van der Waals surface area contributed by atoms with E-state index in [4.69, 9.17) is 4.74 Å². The highest BCUT2D eigenvalue weighted by molar-refractivity contribution is 9.10. The van der Waals surface area contributed by atoms with Crippen molar-refractivity contribution < 1.29 is 14.3 Å². The average molecular weight is 373 g/mol. The summed E-state index contributed by atoms with van der Waals surface area (Å²) in [4.78, 5) is 27.9. The summed E-state index contributed by atoms with van der Waals surface area (Å²) in [5.41, 5.74) is 0.00888. The first-order valence-electron chi connectivity index (χ1n) is 7.14. The summed E-state index contributed by atoms with van der Waals surface area (Å²) in [6, 6.07) is 0. The predicted octanol–water partition coefficient (Wildman–Crippen LogP) is 1.88. The molecule has 0 bridgehead atoms. The van der Waals surface area contributed by atoms with Crippen molar-refractivity contribution in [2.24, 2.45) is 7.05 Å². The molecule has 1 fully saturated rings. The Bertz CT molecular complexity index is 552. The highest BCUT2D eigenvalue weighted by Crippen LogP contribution is 2.18. The van der Waals surface area contributed by atoms with Gasteiger partial charge in [0.15, 0.2) is 0 Å². The van der Waals surface area contributed by atoms with Gasteiger partial charge in [-0.05, 0) is 36.7 Å². The van der Waals surface area contributed by atoms with Gasteiger partial charge in [0, 0.05) is 33.2 Å². The minimum absolute atomic E-state index is 0.0873. The molecule has 0 N–H and O–H groups in total. The number of hydrogen-bond acceptors (Lipinski definition) is 4. The molecule has 122 valence electrons. The summed E-state index contributed by atoms with van der Waals surface area (Å²) in [7, 11) is 1.73. The molecular formula is C14H21BrN4O3. The minimum atomic E-state index is -0.510. The monoisotopic (exact) mass is 372 g/mol. The first-order valence-corrected chi connectivity index (χ1v) is 7.93. The second kappa shape index (κ2) is 6.28. The molecule has 0 spiro atoms. The number of rotatable bonds is 1. The fourth-order valence-corrected chi connectivity index (χ4v) is 2.74. The molecule has 2 amide bonds. The van der Waals surface area contributed by atoms with E-state index in [-0.39, 0.29) is 12.0 Å². The third kappa shape index (κ3) is 3.79. The van der Waals surface area contributed by atoms with Gasteiger partial charge in [-0.25, -0.2) is 4.79 Å². The third-order valence-corrected chi connectivity index (χ3v) is 3.90. The zero-order valence-electron chi connectivity index (χ0n) is 13.3. The topological polar surface area (TPSA) is 67.7 Å². The van der Waals surface area contributed by atoms with Crippen molar-refractivity contribution >= 4 is 27.9 Å². The molecule has 1 aliphatic rings. The summed E-state index contributed by atoms with van der Waals surface area (Å²) < 4.78 is 7.57. The van der Waals surface area contributed by atoms with Gasteiger partial charge < -0.3 is 14.5 Å². The fourth-order valence-electron chi connectivity index (χ4n) is 2.22. The van der Waals surface area contributed by atoms with Crippen LogP contribution in [0.2, 0.25) is 0 Å². The second-order valence-electron chi connectivity index (χ2n) is 6.22. The molecule has 22 heavy (non-hydrogen) atoms. The van der Waals surface area contributed by atoms with Crippen LogP contribution >= 0.6 is 15.9 Å². The molecule has 1 aromatic heterocycles. The zero-order chi connectivity index (χ0) is 16.5. The van der Waals surface area contributed by atoms with E-state index < -0.39 is 5.60 Å². The molecule has 1 aromatic rings. The Balaban J connectivity index is 1.95. The number of aromatic nitrogens is 2. The lowest BCUT2D eigenvalue weighted by Gasteiger charge is -2.35. The lowest BCUT2D eigenvalue weighted by atomic mass is 10.2. The SMILES string of the molecule is Cn1ncc(Br)c1C(=O)N1CCN(C(=O)OC(C)(C)C)CC1. The Morgan fingerprint density at radius 3 is 2.18 bits per heavy atom. The molecule has 1 saturated heterocycles. The van der Waals surface area contributed by atoms with Gasteiger partial charge in [-0.2, -0.15) is 5.10 Å². The van der Waals surface area contributed by atoms with E-state index in [0.29, 0.717) is 36.3 Å². The van der Waals surface area contributed by atoms with Crippen molar-refractivity contribution in [2.75, 3.05) is 26.2 Å². The van der Waals surface area contributed by atoms with Gasteiger partial charge >= 0.3 is 6.09 Å². The molecular weight excluding hydrogens is 352 g/mol. The van der Waals surface area contributed by atoms with Crippen LogP contribution in [-0.4, -0.2) is 63.4 Å². The molecule has 1 aliphatic heterocycles. The first-order chi connectivity index (χ1) is 10.2. The van der Waals surface area contributed by atoms with Crippen molar-refractivity contribution in [1.29, 1.82) is 0 Å². The molecule has 0 atom stereocenters. The second-order valence-corrected chi connectivity index (χ2v) is 7.08. The van der Waals surface area contributed by atoms with Crippen LogP contribution in [-0.2, 0) is 11.8 Å². The molecule has 0 radical (unpaired) electrons. The van der Waals surface area contributed by atoms with E-state index in [2.05, 4.69) is 21.0 Å². The van der Waals surface area contributed by atoms with Gasteiger partial charge in [0.05, 0.1) is 10.7 Å². The van der Waals surface area contributed by atoms with Gasteiger partial charge in [-0.1, -0.05) is 0 Å². The van der Waals surface area contributed by atoms with Crippen molar-refractivity contribution in [3.05, 3.63) is 16.4 Å². The van der Waals surface area contributed by atoms with E-state index in [9.17, 15) is 9.59 Å². The highest BCUT2D eigenvalue weighted by Gasteiger charge is 2.29. The minimum Gasteiger partial charge on any atom is -0.444 e. The Morgan fingerprint density at radius 2 is 1.73 bits per heavy atom. The number of carbonyl (C=O) groups is 2. The van der Waals surface area contributed by atoms with Crippen molar-refractivity contribution in [3.63, 3.8) is 0 Å². The maximum atomic E-state index is 12.5. The number of carbonyl (C=O) groups excluding carboxylic acids is 2. The van der Waals surface area contributed by atoms with E-state index in [1.54, 1.807) is 27.7 Å². The Kier molecular flexibility index (Phi) is 4.79. The van der Waals surface area contributed by atoms with Crippen molar-refractivity contribution in [2.45, 2.75) is 26.4 Å². The molecule has 0 aromatic carbocycles. The van der Waals surface area contributed by atoms with Crippen molar-refractivity contribution in [3.8, 4) is 0 Å². The Labute approximate surface area is 138 Å². The third-order valence-electron chi connectivity index (χ3n) is 3.32. The predicted molar refractivity (Wildman–Crippen MR) is 84.6 cm³/mol. The fraction of sp³-hybridized carbons (Fsp3) is 0.643. The quantitative estimate of drug-likeness (QED) is 0.754. The van der Waals surface area contributed by atoms with Gasteiger partial charge in [0.1, 0.15) is 11.3 Å². The van der Waals surface area contributed by atoms with Crippen LogP contribution < -0.4 is 0 Å². The maximum absolute atomic E-state index is 12.5. The normalized spacial score (nSPS) is 15.9. The standard InChI is InChI=1S/C14H21BrN4O3/c1-14(2,3)22-13(21)19-7-5-18(6-8-19)12(20)11-10(15)9-16-17(11)4/h9H,5-8H2,1-4H3. The number of piperazine rings is 1. The highest BCUT2D eigenvalue weighted by atomic mass is 79.9. The largest absolute Gasteiger partial charge is 0.444 e. The van der Waals surface area contributed by atoms with Crippen LogP contribution in [0, 0.1) is 0 Å². The number of amides is 2. The molecule has 0 unspecified atom stereocenters. The molecule has 2 rings (SSSR count). The summed E-state index contributed by atoms with van der Waals surface area (Å²) in [5.74, 6) is -0.0873. The van der Waals surface area contributed by atoms with E-state index in [0.717, 1.165) is 0 Å². The molecule has 2 heterocycles. The molecule has 0 aliphatic carbocycles. The van der Waals surface area contributed by atoms with Gasteiger partial charge in [-0.15, -0.1) is 0 Å². The van der Waals surface area contributed by atoms with E-state index in [1.165, 1.54) is 0 Å². The van der Waals surface area contributed by atoms with Gasteiger partial charge in [0.2, 0.25) is 0 Å². The van der Waals surface area contributed by atoms with Crippen LogP contribution in [0.25, 0.3) is 0 Å². The molecule has 7 nitrogen and oxygen atoms in total. The Hall–Kier alpha value is -1.57. The number of hydrogen-bond donors (Lipinski definition) is 0. The lowest BCUT2D eigenvalue weighted by molar-refractivity contribution is 0.0139. The summed E-state index contributed by atoms with van der Waals surface area (Å²) >= 11 is 3.34. The summed E-state index contributed by atoms with van der Waals surface area (Å²) in [5, 5.41) is 4.05. The van der Waals surface area contributed by atoms with Crippen molar-refractivity contribution in [1.82, 2.24) is 19.6 Å².